The zero-order chi connectivity index (χ0) is 26.2. The molecule has 0 saturated carbocycles. The summed E-state index contributed by atoms with van der Waals surface area (Å²) in [6.45, 7) is 9.25. The van der Waals surface area contributed by atoms with E-state index >= 15 is 0 Å². The van der Waals surface area contributed by atoms with Gasteiger partial charge in [0.05, 0.1) is 18.6 Å². The second-order valence-corrected chi connectivity index (χ2v) is 9.67. The van der Waals surface area contributed by atoms with Gasteiger partial charge >= 0.3 is 0 Å². The van der Waals surface area contributed by atoms with Crippen LogP contribution in [0, 0.1) is 24.2 Å². The molecule has 3 atom stereocenters. The summed E-state index contributed by atoms with van der Waals surface area (Å²) >= 11 is 0. The molecule has 1 aliphatic rings. The second kappa shape index (κ2) is 12.8. The van der Waals surface area contributed by atoms with Crippen LogP contribution in [0.3, 0.4) is 0 Å². The van der Waals surface area contributed by atoms with E-state index in [1.807, 2.05) is 26.0 Å². The normalized spacial score (nSPS) is 19.3. The van der Waals surface area contributed by atoms with Crippen molar-refractivity contribution < 1.29 is 33.9 Å². The molecule has 194 valence electrons. The molecule has 10 nitrogen and oxygen atoms in total. The van der Waals surface area contributed by atoms with Crippen LogP contribution in [0.4, 0.5) is 0 Å². The molecule has 0 radical (unpaired) electrons. The Balaban J connectivity index is 2.22. The number of piperidine rings is 1. The van der Waals surface area contributed by atoms with Crippen molar-refractivity contribution in [3.8, 4) is 0 Å². The predicted octanol–water partition coefficient (Wildman–Crippen LogP) is 2.04. The fourth-order valence-corrected chi connectivity index (χ4v) is 4.24. The average molecular weight is 492 g/mol. The van der Waals surface area contributed by atoms with Gasteiger partial charge in [-0.1, -0.05) is 38.5 Å². The van der Waals surface area contributed by atoms with Crippen LogP contribution in [0.5, 0.6) is 0 Å². The summed E-state index contributed by atoms with van der Waals surface area (Å²) in [5.41, 5.74) is 2.31. The predicted molar refractivity (Wildman–Crippen MR) is 127 cm³/mol. The first-order valence-electron chi connectivity index (χ1n) is 11.8. The molecule has 35 heavy (non-hydrogen) atoms. The molecule has 3 N–H and O–H groups in total. The highest BCUT2D eigenvalue weighted by molar-refractivity contribution is 6.01. The van der Waals surface area contributed by atoms with Gasteiger partial charge in [0, 0.05) is 30.0 Å². The summed E-state index contributed by atoms with van der Waals surface area (Å²) in [4.78, 5) is 52.2. The van der Waals surface area contributed by atoms with Crippen LogP contribution in [-0.2, 0) is 23.9 Å². The average Bonchev–Trinajstić information content (AvgIpc) is 2.82. The highest BCUT2D eigenvalue weighted by atomic mass is 16.7. The van der Waals surface area contributed by atoms with Crippen molar-refractivity contribution in [2.75, 3.05) is 26.6 Å². The SMILES string of the molecule is CCOCOC[C@H](C[C@H](CN1C(=O)C(C)CC(C)(C)C1=O)C(=O)NO)NC(=O)c1ccc(C)cc1. The smallest absolute Gasteiger partial charge is 0.251 e. The molecule has 0 bridgehead atoms. The van der Waals surface area contributed by atoms with E-state index in [2.05, 4.69) is 5.32 Å². The van der Waals surface area contributed by atoms with E-state index in [-0.39, 0.29) is 50.0 Å². The highest BCUT2D eigenvalue weighted by Crippen LogP contribution is 2.34. The van der Waals surface area contributed by atoms with E-state index in [1.54, 1.807) is 38.4 Å². The number of amides is 4. The number of nitrogens with one attached hydrogen (secondary N) is 2. The second-order valence-electron chi connectivity index (χ2n) is 9.67. The molecule has 2 rings (SSSR count). The molecule has 4 amide bonds. The van der Waals surface area contributed by atoms with E-state index in [4.69, 9.17) is 9.47 Å². The molecule has 1 aromatic rings. The van der Waals surface area contributed by atoms with Crippen molar-refractivity contribution in [2.45, 2.75) is 53.5 Å². The lowest BCUT2D eigenvalue weighted by Crippen LogP contribution is -2.55. The third-order valence-electron chi connectivity index (χ3n) is 6.12. The van der Waals surface area contributed by atoms with Gasteiger partial charge in [0.2, 0.25) is 17.7 Å². The number of benzene rings is 1. The topological polar surface area (TPSA) is 134 Å². The summed E-state index contributed by atoms with van der Waals surface area (Å²) < 4.78 is 10.7. The first-order chi connectivity index (χ1) is 16.5. The third kappa shape index (κ3) is 7.84. The van der Waals surface area contributed by atoms with Gasteiger partial charge in [0.25, 0.3) is 5.91 Å². The Bertz CT molecular complexity index is 901. The van der Waals surface area contributed by atoms with Gasteiger partial charge in [-0.25, -0.2) is 5.48 Å². The van der Waals surface area contributed by atoms with Gasteiger partial charge < -0.3 is 14.8 Å². The van der Waals surface area contributed by atoms with Crippen molar-refractivity contribution in [1.82, 2.24) is 15.7 Å². The number of likely N-dealkylation sites (tertiary alicyclic amines) is 1. The number of ether oxygens (including phenoxy) is 2. The van der Waals surface area contributed by atoms with E-state index < -0.39 is 23.3 Å². The molecule has 0 aromatic heterocycles. The summed E-state index contributed by atoms with van der Waals surface area (Å²) in [7, 11) is 0. The highest BCUT2D eigenvalue weighted by Gasteiger charge is 2.45. The number of nitrogens with zero attached hydrogens (tertiary/aromatic N) is 1. The minimum absolute atomic E-state index is 0.000926. The van der Waals surface area contributed by atoms with Gasteiger partial charge in [0.15, 0.2) is 0 Å². The lowest BCUT2D eigenvalue weighted by atomic mass is 9.77. The largest absolute Gasteiger partial charge is 0.356 e. The van der Waals surface area contributed by atoms with Gasteiger partial charge in [-0.15, -0.1) is 0 Å². The maximum atomic E-state index is 13.0. The number of hydrogen-bond donors (Lipinski definition) is 3. The molecule has 1 aromatic carbocycles. The number of hydroxylamine groups is 1. The summed E-state index contributed by atoms with van der Waals surface area (Å²) in [5.74, 6) is -3.22. The molecule has 0 spiro atoms. The Morgan fingerprint density at radius 2 is 1.86 bits per heavy atom. The van der Waals surface area contributed by atoms with Crippen molar-refractivity contribution in [3.05, 3.63) is 35.4 Å². The van der Waals surface area contributed by atoms with E-state index in [1.165, 1.54) is 0 Å². The van der Waals surface area contributed by atoms with Crippen LogP contribution in [0.2, 0.25) is 0 Å². The fourth-order valence-electron chi connectivity index (χ4n) is 4.24. The van der Waals surface area contributed by atoms with Crippen molar-refractivity contribution in [3.63, 3.8) is 0 Å². The van der Waals surface area contributed by atoms with Crippen LogP contribution in [0.1, 0.15) is 56.5 Å². The minimum atomic E-state index is -0.979. The third-order valence-corrected chi connectivity index (χ3v) is 6.12. The summed E-state index contributed by atoms with van der Waals surface area (Å²) in [5, 5.41) is 12.2. The van der Waals surface area contributed by atoms with Gasteiger partial charge in [-0.3, -0.25) is 29.3 Å². The van der Waals surface area contributed by atoms with Crippen LogP contribution >= 0.6 is 0 Å². The molecule has 1 saturated heterocycles. The van der Waals surface area contributed by atoms with Gasteiger partial charge in [0.1, 0.15) is 6.79 Å². The lowest BCUT2D eigenvalue weighted by molar-refractivity contribution is -0.161. The molecular formula is C25H37N3O7. The molecule has 1 heterocycles. The summed E-state index contributed by atoms with van der Waals surface area (Å²) in [6.07, 6.45) is 0.431. The Labute approximate surface area is 206 Å². The zero-order valence-electron chi connectivity index (χ0n) is 21.1. The molecule has 1 aliphatic heterocycles. The Morgan fingerprint density at radius 1 is 1.20 bits per heavy atom. The standard InChI is InChI=1S/C25H37N3O7/c1-6-34-15-35-14-20(26-21(29)18-9-7-16(2)8-10-18)11-19(22(30)27-33)13-28-23(31)17(3)12-25(4,5)24(28)32/h7-10,17,19-20,33H,6,11-15H2,1-5H3,(H,26,29)(H,27,30)/t17?,19-,20+/m1/s1. The van der Waals surface area contributed by atoms with Crippen molar-refractivity contribution >= 4 is 23.6 Å². The number of carbonyl (C=O) groups is 4. The molecule has 1 unspecified atom stereocenters. The lowest BCUT2D eigenvalue weighted by Gasteiger charge is -2.40. The van der Waals surface area contributed by atoms with Crippen LogP contribution in [0.25, 0.3) is 0 Å². The zero-order valence-corrected chi connectivity index (χ0v) is 21.1. The first-order valence-corrected chi connectivity index (χ1v) is 11.8. The number of aryl methyl sites for hydroxylation is 1. The Kier molecular flexibility index (Phi) is 10.4. The van der Waals surface area contributed by atoms with E-state index in [0.29, 0.717) is 18.6 Å². The summed E-state index contributed by atoms with van der Waals surface area (Å²) in [6, 6.07) is 6.35. The van der Waals surface area contributed by atoms with E-state index in [9.17, 15) is 24.4 Å². The molecule has 1 fully saturated rings. The monoisotopic (exact) mass is 491 g/mol. The quantitative estimate of drug-likeness (QED) is 0.134. The van der Waals surface area contributed by atoms with E-state index in [0.717, 1.165) is 10.5 Å². The number of carbonyl (C=O) groups excluding carboxylic acids is 4. The van der Waals surface area contributed by atoms with Crippen LogP contribution in [-0.4, -0.2) is 66.3 Å². The molecular weight excluding hydrogens is 454 g/mol. The van der Waals surface area contributed by atoms with Crippen molar-refractivity contribution in [2.24, 2.45) is 17.3 Å². The number of imide groups is 1. The van der Waals surface area contributed by atoms with Crippen LogP contribution < -0.4 is 10.8 Å². The Morgan fingerprint density at radius 3 is 2.46 bits per heavy atom. The molecule has 0 aliphatic carbocycles. The molecule has 10 heteroatoms. The maximum Gasteiger partial charge on any atom is 0.251 e. The maximum absolute atomic E-state index is 13.0. The Hall–Kier alpha value is -2.82. The minimum Gasteiger partial charge on any atom is -0.356 e. The number of hydrogen-bond acceptors (Lipinski definition) is 7. The fraction of sp³-hybridized carbons (Fsp3) is 0.600. The number of rotatable bonds is 12. The van der Waals surface area contributed by atoms with Crippen molar-refractivity contribution in [1.29, 1.82) is 0 Å². The first kappa shape index (κ1) is 28.4. The van der Waals surface area contributed by atoms with Gasteiger partial charge in [-0.2, -0.15) is 0 Å². The van der Waals surface area contributed by atoms with Gasteiger partial charge in [-0.05, 0) is 38.8 Å². The van der Waals surface area contributed by atoms with Crippen LogP contribution in [0.15, 0.2) is 24.3 Å².